The highest BCUT2D eigenvalue weighted by Crippen LogP contribution is 2.18. The maximum Gasteiger partial charge on any atom is 0.239 e. The van der Waals surface area contributed by atoms with Gasteiger partial charge in [0.2, 0.25) is 5.91 Å². The van der Waals surface area contributed by atoms with Gasteiger partial charge in [0.15, 0.2) is 0 Å². The summed E-state index contributed by atoms with van der Waals surface area (Å²) in [5.41, 5.74) is 2.56. The van der Waals surface area contributed by atoms with Crippen molar-refractivity contribution in [3.63, 3.8) is 0 Å². The molecular weight excluding hydrogens is 250 g/mol. The van der Waals surface area contributed by atoms with E-state index in [1.165, 1.54) is 11.3 Å². The summed E-state index contributed by atoms with van der Waals surface area (Å²) in [4.78, 5) is 16.7. The molecule has 1 atom stereocenters. The number of amides is 1. The van der Waals surface area contributed by atoms with Gasteiger partial charge >= 0.3 is 0 Å². The van der Waals surface area contributed by atoms with Crippen LogP contribution in [0.2, 0.25) is 0 Å². The fraction of sp³-hybridized carbons (Fsp3) is 0.562. The van der Waals surface area contributed by atoms with E-state index in [-0.39, 0.29) is 6.04 Å². The molecule has 2 fully saturated rings. The Hall–Kier alpha value is -1.55. The van der Waals surface area contributed by atoms with Crippen molar-refractivity contribution in [1.29, 1.82) is 0 Å². The van der Waals surface area contributed by atoms with Crippen LogP contribution in [-0.2, 0) is 4.79 Å². The molecule has 20 heavy (non-hydrogen) atoms. The summed E-state index contributed by atoms with van der Waals surface area (Å²) in [6.45, 7) is 6.65. The highest BCUT2D eigenvalue weighted by molar-refractivity contribution is 5.82. The molecule has 0 spiro atoms. The van der Waals surface area contributed by atoms with Crippen LogP contribution >= 0.6 is 0 Å². The van der Waals surface area contributed by atoms with Crippen LogP contribution in [0.3, 0.4) is 0 Å². The van der Waals surface area contributed by atoms with Gasteiger partial charge in [-0.25, -0.2) is 0 Å². The first-order valence-electron chi connectivity index (χ1n) is 7.58. The Morgan fingerprint density at radius 2 is 2.05 bits per heavy atom. The average Bonchev–Trinajstić information content (AvgIpc) is 3.01. The standard InChI is InChI=1S/C16H23N3O/c1-13-4-2-5-14(12-13)18-8-10-19(11-9-18)16(20)15-6-3-7-17-15/h2,4-5,12,15,17H,3,6-11H2,1H3/t15-/m1/s1. The average molecular weight is 273 g/mol. The largest absolute Gasteiger partial charge is 0.368 e. The molecule has 0 aliphatic carbocycles. The van der Waals surface area contributed by atoms with E-state index >= 15 is 0 Å². The number of anilines is 1. The Bertz CT molecular complexity index is 474. The Morgan fingerprint density at radius 1 is 1.25 bits per heavy atom. The zero-order valence-corrected chi connectivity index (χ0v) is 12.1. The molecule has 0 unspecified atom stereocenters. The summed E-state index contributed by atoms with van der Waals surface area (Å²) in [5, 5.41) is 3.30. The molecule has 108 valence electrons. The number of nitrogens with zero attached hydrogens (tertiary/aromatic N) is 2. The lowest BCUT2D eigenvalue weighted by atomic mass is 10.1. The van der Waals surface area contributed by atoms with E-state index in [1.807, 2.05) is 4.90 Å². The molecule has 2 heterocycles. The quantitative estimate of drug-likeness (QED) is 0.884. The summed E-state index contributed by atoms with van der Waals surface area (Å²) in [5.74, 6) is 0.298. The van der Waals surface area contributed by atoms with Crippen molar-refractivity contribution >= 4 is 11.6 Å². The van der Waals surface area contributed by atoms with Crippen LogP contribution < -0.4 is 10.2 Å². The van der Waals surface area contributed by atoms with E-state index in [0.29, 0.717) is 5.91 Å². The zero-order chi connectivity index (χ0) is 13.9. The molecule has 3 rings (SSSR count). The molecule has 0 aromatic heterocycles. The van der Waals surface area contributed by atoms with Gasteiger partial charge in [-0.05, 0) is 44.0 Å². The minimum atomic E-state index is 0.0699. The minimum Gasteiger partial charge on any atom is -0.368 e. The van der Waals surface area contributed by atoms with Gasteiger partial charge in [0.1, 0.15) is 0 Å². The third-order valence-electron chi connectivity index (χ3n) is 4.32. The van der Waals surface area contributed by atoms with Crippen LogP contribution in [0.1, 0.15) is 18.4 Å². The second-order valence-corrected chi connectivity index (χ2v) is 5.80. The summed E-state index contributed by atoms with van der Waals surface area (Å²) < 4.78 is 0. The molecule has 1 aromatic carbocycles. The van der Waals surface area contributed by atoms with Crippen LogP contribution in [0.15, 0.2) is 24.3 Å². The van der Waals surface area contributed by atoms with Crippen LogP contribution in [0, 0.1) is 6.92 Å². The highest BCUT2D eigenvalue weighted by Gasteiger charge is 2.29. The molecule has 0 saturated carbocycles. The van der Waals surface area contributed by atoms with Gasteiger partial charge in [-0.1, -0.05) is 12.1 Å². The van der Waals surface area contributed by atoms with Crippen molar-refractivity contribution in [2.45, 2.75) is 25.8 Å². The van der Waals surface area contributed by atoms with E-state index in [9.17, 15) is 4.79 Å². The smallest absolute Gasteiger partial charge is 0.239 e. The number of rotatable bonds is 2. The van der Waals surface area contributed by atoms with Crippen molar-refractivity contribution in [1.82, 2.24) is 10.2 Å². The monoisotopic (exact) mass is 273 g/mol. The number of hydrogen-bond acceptors (Lipinski definition) is 3. The Kier molecular flexibility index (Phi) is 3.92. The molecule has 1 amide bonds. The van der Waals surface area contributed by atoms with Crippen molar-refractivity contribution in [3.05, 3.63) is 29.8 Å². The lowest BCUT2D eigenvalue weighted by Crippen LogP contribution is -2.53. The maximum absolute atomic E-state index is 12.3. The predicted octanol–water partition coefficient (Wildman–Crippen LogP) is 1.40. The molecule has 2 aliphatic rings. The second kappa shape index (κ2) is 5.83. The fourth-order valence-electron chi connectivity index (χ4n) is 3.13. The zero-order valence-electron chi connectivity index (χ0n) is 12.1. The molecule has 1 N–H and O–H groups in total. The van der Waals surface area contributed by atoms with Gasteiger partial charge in [0.05, 0.1) is 6.04 Å². The number of nitrogens with one attached hydrogen (secondary N) is 1. The van der Waals surface area contributed by atoms with Gasteiger partial charge in [0.25, 0.3) is 0 Å². The first kappa shape index (κ1) is 13.4. The molecule has 2 aliphatic heterocycles. The van der Waals surface area contributed by atoms with Gasteiger partial charge in [0, 0.05) is 31.9 Å². The summed E-state index contributed by atoms with van der Waals surface area (Å²) in [6, 6.07) is 8.67. The molecule has 4 heteroatoms. The van der Waals surface area contributed by atoms with Crippen LogP contribution in [0.25, 0.3) is 0 Å². The second-order valence-electron chi connectivity index (χ2n) is 5.80. The van der Waals surface area contributed by atoms with Crippen molar-refractivity contribution < 1.29 is 4.79 Å². The molecule has 2 saturated heterocycles. The van der Waals surface area contributed by atoms with E-state index in [0.717, 1.165) is 45.6 Å². The van der Waals surface area contributed by atoms with Crippen molar-refractivity contribution in [3.8, 4) is 0 Å². The first-order chi connectivity index (χ1) is 9.74. The van der Waals surface area contributed by atoms with E-state index < -0.39 is 0 Å². The predicted molar refractivity (Wildman–Crippen MR) is 81.0 cm³/mol. The number of piperazine rings is 1. The molecule has 4 nitrogen and oxygen atoms in total. The third kappa shape index (κ3) is 2.80. The Morgan fingerprint density at radius 3 is 2.70 bits per heavy atom. The fourth-order valence-corrected chi connectivity index (χ4v) is 3.13. The normalized spacial score (nSPS) is 23.1. The number of carbonyl (C=O) groups excluding carboxylic acids is 1. The van der Waals surface area contributed by atoms with E-state index in [2.05, 4.69) is 41.4 Å². The minimum absolute atomic E-state index is 0.0699. The molecule has 0 bridgehead atoms. The van der Waals surface area contributed by atoms with Crippen LogP contribution in [0.5, 0.6) is 0 Å². The number of benzene rings is 1. The number of carbonyl (C=O) groups is 1. The molecule has 1 aromatic rings. The lowest BCUT2D eigenvalue weighted by Gasteiger charge is -2.37. The van der Waals surface area contributed by atoms with Gasteiger partial charge in [-0.15, -0.1) is 0 Å². The first-order valence-corrected chi connectivity index (χ1v) is 7.58. The van der Waals surface area contributed by atoms with Crippen LogP contribution in [-0.4, -0.2) is 49.6 Å². The third-order valence-corrected chi connectivity index (χ3v) is 4.32. The van der Waals surface area contributed by atoms with Crippen LogP contribution in [0.4, 0.5) is 5.69 Å². The summed E-state index contributed by atoms with van der Waals surface area (Å²) >= 11 is 0. The summed E-state index contributed by atoms with van der Waals surface area (Å²) in [6.07, 6.45) is 2.12. The van der Waals surface area contributed by atoms with Gasteiger partial charge < -0.3 is 15.1 Å². The molecular formula is C16H23N3O. The highest BCUT2D eigenvalue weighted by atomic mass is 16.2. The topological polar surface area (TPSA) is 35.6 Å². The van der Waals surface area contributed by atoms with E-state index in [1.54, 1.807) is 0 Å². The van der Waals surface area contributed by atoms with Gasteiger partial charge in [-0.3, -0.25) is 4.79 Å². The summed E-state index contributed by atoms with van der Waals surface area (Å²) in [7, 11) is 0. The molecule has 0 radical (unpaired) electrons. The number of hydrogen-bond donors (Lipinski definition) is 1. The van der Waals surface area contributed by atoms with E-state index in [4.69, 9.17) is 0 Å². The Balaban J connectivity index is 1.58. The number of aryl methyl sites for hydroxylation is 1. The lowest BCUT2D eigenvalue weighted by molar-refractivity contribution is -0.133. The van der Waals surface area contributed by atoms with Gasteiger partial charge in [-0.2, -0.15) is 0 Å². The Labute approximate surface area is 120 Å². The van der Waals surface area contributed by atoms with Crippen molar-refractivity contribution in [2.24, 2.45) is 0 Å². The SMILES string of the molecule is Cc1cccc(N2CCN(C(=O)[C@H]3CCCN3)CC2)c1. The maximum atomic E-state index is 12.3. The van der Waals surface area contributed by atoms with Crippen molar-refractivity contribution in [2.75, 3.05) is 37.6 Å².